The maximum absolute atomic E-state index is 13.6. The molecule has 0 radical (unpaired) electrons. The molecule has 0 bridgehead atoms. The van der Waals surface area contributed by atoms with Crippen LogP contribution in [0.4, 0.5) is 10.2 Å². The summed E-state index contributed by atoms with van der Waals surface area (Å²) in [4.78, 5) is 8.27. The summed E-state index contributed by atoms with van der Waals surface area (Å²) >= 11 is 0. The van der Waals surface area contributed by atoms with E-state index in [1.807, 2.05) is 0 Å². The van der Waals surface area contributed by atoms with Crippen molar-refractivity contribution in [3.05, 3.63) is 41.5 Å². The van der Waals surface area contributed by atoms with Crippen LogP contribution in [-0.2, 0) is 0 Å². The van der Waals surface area contributed by atoms with Gasteiger partial charge in [-0.25, -0.2) is 14.4 Å². The Kier molecular flexibility index (Phi) is 2.56. The molecular formula is C12H12FN3. The smallest absolute Gasteiger partial charge is 0.132 e. The lowest BCUT2D eigenvalue weighted by molar-refractivity contribution is 0.630. The van der Waals surface area contributed by atoms with Crippen LogP contribution < -0.4 is 5.73 Å². The van der Waals surface area contributed by atoms with E-state index in [1.54, 1.807) is 32.0 Å². The highest BCUT2D eigenvalue weighted by Gasteiger charge is 2.12. The van der Waals surface area contributed by atoms with Gasteiger partial charge in [0.15, 0.2) is 0 Å². The number of aromatic nitrogens is 2. The molecule has 0 saturated carbocycles. The number of rotatable bonds is 1. The normalized spacial score (nSPS) is 10.4. The Morgan fingerprint density at radius 3 is 2.50 bits per heavy atom. The van der Waals surface area contributed by atoms with Crippen molar-refractivity contribution < 1.29 is 4.39 Å². The van der Waals surface area contributed by atoms with E-state index in [0.717, 1.165) is 0 Å². The van der Waals surface area contributed by atoms with Crippen LogP contribution in [0.15, 0.2) is 24.3 Å². The van der Waals surface area contributed by atoms with E-state index < -0.39 is 0 Å². The monoisotopic (exact) mass is 217 g/mol. The van der Waals surface area contributed by atoms with Crippen LogP contribution in [0.2, 0.25) is 0 Å². The lowest BCUT2D eigenvalue weighted by Crippen LogP contribution is -2.02. The highest BCUT2D eigenvalue weighted by Crippen LogP contribution is 2.26. The van der Waals surface area contributed by atoms with Gasteiger partial charge in [-0.1, -0.05) is 12.1 Å². The zero-order chi connectivity index (χ0) is 11.7. The molecule has 0 saturated heterocycles. The third-order valence-electron chi connectivity index (χ3n) is 2.42. The van der Waals surface area contributed by atoms with E-state index >= 15 is 0 Å². The van der Waals surface area contributed by atoms with Gasteiger partial charge in [0.1, 0.15) is 17.5 Å². The van der Waals surface area contributed by atoms with Gasteiger partial charge in [0.25, 0.3) is 0 Å². The van der Waals surface area contributed by atoms with Crippen LogP contribution >= 0.6 is 0 Å². The highest BCUT2D eigenvalue weighted by atomic mass is 19.1. The molecule has 3 nitrogen and oxygen atoms in total. The molecule has 1 aromatic heterocycles. The van der Waals surface area contributed by atoms with Crippen LogP contribution in [0, 0.1) is 19.7 Å². The lowest BCUT2D eigenvalue weighted by atomic mass is 10.1. The molecule has 0 spiro atoms. The second-order valence-corrected chi connectivity index (χ2v) is 3.61. The molecule has 2 N–H and O–H groups in total. The average Bonchev–Trinajstić information content (AvgIpc) is 2.24. The molecule has 0 aliphatic carbocycles. The number of hydrogen-bond acceptors (Lipinski definition) is 3. The largest absolute Gasteiger partial charge is 0.383 e. The van der Waals surface area contributed by atoms with E-state index in [9.17, 15) is 4.39 Å². The summed E-state index contributed by atoms with van der Waals surface area (Å²) in [7, 11) is 0. The summed E-state index contributed by atoms with van der Waals surface area (Å²) in [6.45, 7) is 3.52. The van der Waals surface area contributed by atoms with Crippen LogP contribution in [-0.4, -0.2) is 9.97 Å². The predicted octanol–water partition coefficient (Wildman–Crippen LogP) is 2.48. The van der Waals surface area contributed by atoms with Crippen molar-refractivity contribution in [1.29, 1.82) is 0 Å². The van der Waals surface area contributed by atoms with Gasteiger partial charge in [-0.3, -0.25) is 0 Å². The third-order valence-corrected chi connectivity index (χ3v) is 2.42. The number of anilines is 1. The van der Waals surface area contributed by atoms with Crippen LogP contribution in [0.5, 0.6) is 0 Å². The predicted molar refractivity (Wildman–Crippen MR) is 61.3 cm³/mol. The van der Waals surface area contributed by atoms with Crippen molar-refractivity contribution >= 4 is 5.82 Å². The molecule has 16 heavy (non-hydrogen) atoms. The minimum Gasteiger partial charge on any atom is -0.383 e. The quantitative estimate of drug-likeness (QED) is 0.798. The summed E-state index contributed by atoms with van der Waals surface area (Å²) in [6.07, 6.45) is 0. The maximum atomic E-state index is 13.6. The van der Waals surface area contributed by atoms with Gasteiger partial charge in [0.05, 0.1) is 5.69 Å². The lowest BCUT2D eigenvalue weighted by Gasteiger charge is -2.08. The molecule has 2 aromatic rings. The summed E-state index contributed by atoms with van der Waals surface area (Å²) < 4.78 is 13.6. The van der Waals surface area contributed by atoms with E-state index in [4.69, 9.17) is 5.73 Å². The first-order valence-electron chi connectivity index (χ1n) is 4.95. The zero-order valence-electron chi connectivity index (χ0n) is 9.16. The number of nitrogens with zero attached hydrogens (tertiary/aromatic N) is 2. The number of halogens is 1. The van der Waals surface area contributed by atoms with Crippen molar-refractivity contribution in [2.24, 2.45) is 0 Å². The average molecular weight is 217 g/mol. The van der Waals surface area contributed by atoms with Crippen molar-refractivity contribution in [2.45, 2.75) is 13.8 Å². The van der Waals surface area contributed by atoms with Crippen molar-refractivity contribution in [2.75, 3.05) is 5.73 Å². The second kappa shape index (κ2) is 3.89. The fourth-order valence-corrected chi connectivity index (χ4v) is 1.57. The van der Waals surface area contributed by atoms with E-state index in [0.29, 0.717) is 28.5 Å². The molecule has 1 heterocycles. The standard InChI is InChI=1S/C12H12FN3/c1-7-11(15-8(2)16-12(7)14)9-5-3-4-6-10(9)13/h3-6H,1-2H3,(H2,14,15,16). The molecule has 0 unspecified atom stereocenters. The Balaban J connectivity index is 2.69. The number of nitrogens with two attached hydrogens (primary N) is 1. The highest BCUT2D eigenvalue weighted by molar-refractivity contribution is 5.67. The molecule has 0 aliphatic rings. The van der Waals surface area contributed by atoms with Gasteiger partial charge in [-0.2, -0.15) is 0 Å². The first-order valence-corrected chi connectivity index (χ1v) is 4.95. The summed E-state index contributed by atoms with van der Waals surface area (Å²) in [5, 5.41) is 0. The van der Waals surface area contributed by atoms with Crippen LogP contribution in [0.1, 0.15) is 11.4 Å². The minimum absolute atomic E-state index is 0.303. The molecule has 2 rings (SSSR count). The van der Waals surface area contributed by atoms with Gasteiger partial charge in [0, 0.05) is 11.1 Å². The molecule has 0 atom stereocenters. The molecule has 82 valence electrons. The summed E-state index contributed by atoms with van der Waals surface area (Å²) in [6, 6.07) is 6.50. The summed E-state index contributed by atoms with van der Waals surface area (Å²) in [5.74, 6) is 0.634. The SMILES string of the molecule is Cc1nc(N)c(C)c(-c2ccccc2F)n1. The van der Waals surface area contributed by atoms with Gasteiger partial charge in [-0.15, -0.1) is 0 Å². The number of hydrogen-bond donors (Lipinski definition) is 1. The number of benzene rings is 1. The van der Waals surface area contributed by atoms with Gasteiger partial charge >= 0.3 is 0 Å². The van der Waals surface area contributed by atoms with E-state index in [2.05, 4.69) is 9.97 Å². The number of nitrogen functional groups attached to an aromatic ring is 1. The van der Waals surface area contributed by atoms with E-state index in [-0.39, 0.29) is 5.82 Å². The van der Waals surface area contributed by atoms with Crippen molar-refractivity contribution in [3.63, 3.8) is 0 Å². The van der Waals surface area contributed by atoms with Gasteiger partial charge < -0.3 is 5.73 Å². The Morgan fingerprint density at radius 2 is 1.81 bits per heavy atom. The minimum atomic E-state index is -0.303. The van der Waals surface area contributed by atoms with Crippen LogP contribution in [0.3, 0.4) is 0 Å². The van der Waals surface area contributed by atoms with Gasteiger partial charge in [0.2, 0.25) is 0 Å². The van der Waals surface area contributed by atoms with Crippen molar-refractivity contribution in [1.82, 2.24) is 9.97 Å². The summed E-state index contributed by atoms with van der Waals surface area (Å²) in [5.41, 5.74) is 7.45. The Morgan fingerprint density at radius 1 is 1.12 bits per heavy atom. The molecule has 4 heteroatoms. The Hall–Kier alpha value is -1.97. The number of aryl methyl sites for hydroxylation is 1. The fourth-order valence-electron chi connectivity index (χ4n) is 1.57. The first-order chi connectivity index (χ1) is 7.59. The fraction of sp³-hybridized carbons (Fsp3) is 0.167. The topological polar surface area (TPSA) is 51.8 Å². The first kappa shape index (κ1) is 10.5. The van der Waals surface area contributed by atoms with Gasteiger partial charge in [-0.05, 0) is 26.0 Å². The zero-order valence-corrected chi connectivity index (χ0v) is 9.16. The second-order valence-electron chi connectivity index (χ2n) is 3.61. The Labute approximate surface area is 93.2 Å². The maximum Gasteiger partial charge on any atom is 0.132 e. The molecule has 0 amide bonds. The molecule has 0 aliphatic heterocycles. The molecule has 0 fully saturated rings. The van der Waals surface area contributed by atoms with Crippen molar-refractivity contribution in [3.8, 4) is 11.3 Å². The molecule has 1 aromatic carbocycles. The van der Waals surface area contributed by atoms with Crippen LogP contribution in [0.25, 0.3) is 11.3 Å². The third kappa shape index (κ3) is 1.74. The Bertz CT molecular complexity index is 538. The molecular weight excluding hydrogens is 205 g/mol. The van der Waals surface area contributed by atoms with E-state index in [1.165, 1.54) is 6.07 Å².